The number of benzene rings is 2. The van der Waals surface area contributed by atoms with Gasteiger partial charge in [-0.05, 0) is 36.4 Å². The van der Waals surface area contributed by atoms with Crippen molar-refractivity contribution in [2.45, 2.75) is 0 Å². The zero-order valence-electron chi connectivity index (χ0n) is 14.4. The van der Waals surface area contributed by atoms with Crippen LogP contribution >= 0.6 is 11.6 Å². The lowest BCUT2D eigenvalue weighted by molar-refractivity contribution is -0.384. The van der Waals surface area contributed by atoms with Gasteiger partial charge in [-0.1, -0.05) is 11.6 Å². The van der Waals surface area contributed by atoms with Crippen molar-refractivity contribution in [1.82, 2.24) is 4.90 Å². The lowest BCUT2D eigenvalue weighted by atomic mass is 10.2. The Balaban J connectivity index is 1.52. The third-order valence-corrected chi connectivity index (χ3v) is 4.68. The first kappa shape index (κ1) is 19.1. The van der Waals surface area contributed by atoms with Crippen molar-refractivity contribution in [2.24, 2.45) is 0 Å². The van der Waals surface area contributed by atoms with Gasteiger partial charge in [0, 0.05) is 43.6 Å². The number of anilines is 2. The van der Waals surface area contributed by atoms with E-state index in [-0.39, 0.29) is 29.0 Å². The summed E-state index contributed by atoms with van der Waals surface area (Å²) in [6, 6.07) is 10.5. The van der Waals surface area contributed by atoms with Crippen molar-refractivity contribution in [3.05, 3.63) is 63.4 Å². The van der Waals surface area contributed by atoms with E-state index < -0.39 is 4.92 Å². The number of carbonyl (C=O) groups excluding carboxylic acids is 1. The highest BCUT2D eigenvalue weighted by atomic mass is 35.5. The zero-order chi connectivity index (χ0) is 19.4. The average Bonchev–Trinajstić information content (AvgIpc) is 2.64. The van der Waals surface area contributed by atoms with Crippen LogP contribution in [0.25, 0.3) is 0 Å². The molecule has 0 aromatic heterocycles. The van der Waals surface area contributed by atoms with E-state index in [4.69, 9.17) is 11.6 Å². The Morgan fingerprint density at radius 3 is 2.44 bits per heavy atom. The Morgan fingerprint density at radius 2 is 1.81 bits per heavy atom. The molecule has 1 amide bonds. The molecule has 0 spiro atoms. The van der Waals surface area contributed by atoms with Crippen molar-refractivity contribution in [3.63, 3.8) is 0 Å². The number of rotatable bonds is 5. The Labute approximate surface area is 160 Å². The summed E-state index contributed by atoms with van der Waals surface area (Å²) in [6.45, 7) is 3.02. The molecule has 1 saturated heterocycles. The predicted octanol–water partition coefficient (Wildman–Crippen LogP) is 3.15. The summed E-state index contributed by atoms with van der Waals surface area (Å²) in [4.78, 5) is 26.7. The second kappa shape index (κ2) is 8.32. The molecule has 1 aliphatic heterocycles. The molecule has 2 aromatic rings. The van der Waals surface area contributed by atoms with E-state index in [9.17, 15) is 19.3 Å². The van der Waals surface area contributed by atoms with Gasteiger partial charge in [0.1, 0.15) is 10.8 Å². The minimum absolute atomic E-state index is 0.0231. The predicted molar refractivity (Wildman–Crippen MR) is 102 cm³/mol. The first-order chi connectivity index (χ1) is 12.9. The van der Waals surface area contributed by atoms with Crippen LogP contribution in [0.1, 0.15) is 0 Å². The molecule has 0 atom stereocenters. The Hall–Kier alpha value is -2.71. The highest BCUT2D eigenvalue weighted by molar-refractivity contribution is 6.32. The van der Waals surface area contributed by atoms with Crippen LogP contribution in [0.15, 0.2) is 42.5 Å². The van der Waals surface area contributed by atoms with Crippen LogP contribution in [0.2, 0.25) is 5.02 Å². The molecule has 0 unspecified atom stereocenters. The first-order valence-electron chi connectivity index (χ1n) is 8.39. The van der Waals surface area contributed by atoms with Crippen LogP contribution in [-0.4, -0.2) is 48.5 Å². The van der Waals surface area contributed by atoms with Crippen LogP contribution in [0.4, 0.5) is 21.5 Å². The summed E-state index contributed by atoms with van der Waals surface area (Å²) in [7, 11) is 0. The maximum absolute atomic E-state index is 13.0. The third kappa shape index (κ3) is 4.93. The molecular weight excluding hydrogens is 375 g/mol. The number of nitro benzene ring substituents is 1. The second-order valence-corrected chi connectivity index (χ2v) is 6.62. The molecule has 1 aliphatic rings. The van der Waals surface area contributed by atoms with Crippen LogP contribution in [-0.2, 0) is 4.79 Å². The fourth-order valence-electron chi connectivity index (χ4n) is 2.95. The van der Waals surface area contributed by atoms with E-state index in [0.717, 1.165) is 18.8 Å². The molecule has 9 heteroatoms. The van der Waals surface area contributed by atoms with Gasteiger partial charge in [0.25, 0.3) is 5.69 Å². The first-order valence-corrected chi connectivity index (χ1v) is 8.77. The van der Waals surface area contributed by atoms with Crippen LogP contribution < -0.4 is 10.2 Å². The standard InChI is InChI=1S/C18H18ClFN4O3/c19-16-6-3-14(11-17(16)24(26)27)21-18(25)12-22-7-9-23(10-8-22)15-4-1-13(20)2-5-15/h1-6,11H,7-10,12H2,(H,21,25). The summed E-state index contributed by atoms with van der Waals surface area (Å²) in [5.41, 5.74) is 1.04. The van der Waals surface area contributed by atoms with Gasteiger partial charge in [0.15, 0.2) is 0 Å². The Kier molecular flexibility index (Phi) is 5.88. The minimum atomic E-state index is -0.591. The van der Waals surface area contributed by atoms with Gasteiger partial charge in [0.05, 0.1) is 11.5 Å². The van der Waals surface area contributed by atoms with Crippen molar-refractivity contribution >= 4 is 34.6 Å². The SMILES string of the molecule is O=C(CN1CCN(c2ccc(F)cc2)CC1)Nc1ccc(Cl)c([N+](=O)[O-])c1. The van der Waals surface area contributed by atoms with Gasteiger partial charge < -0.3 is 10.2 Å². The van der Waals surface area contributed by atoms with Gasteiger partial charge in [-0.2, -0.15) is 0 Å². The average molecular weight is 393 g/mol. The van der Waals surface area contributed by atoms with E-state index in [1.54, 1.807) is 12.1 Å². The molecule has 0 radical (unpaired) electrons. The van der Waals surface area contributed by atoms with E-state index in [1.807, 2.05) is 4.90 Å². The summed E-state index contributed by atoms with van der Waals surface area (Å²) in [5.74, 6) is -0.515. The normalized spacial score (nSPS) is 14.8. The molecule has 27 heavy (non-hydrogen) atoms. The summed E-state index contributed by atoms with van der Waals surface area (Å²) >= 11 is 5.77. The summed E-state index contributed by atoms with van der Waals surface area (Å²) < 4.78 is 13.0. The van der Waals surface area contributed by atoms with E-state index >= 15 is 0 Å². The zero-order valence-corrected chi connectivity index (χ0v) is 15.2. The van der Waals surface area contributed by atoms with Crippen molar-refractivity contribution in [2.75, 3.05) is 42.9 Å². The molecule has 0 saturated carbocycles. The summed E-state index contributed by atoms with van der Waals surface area (Å²) in [6.07, 6.45) is 0. The number of nitro groups is 1. The molecule has 3 rings (SSSR count). The van der Waals surface area contributed by atoms with Gasteiger partial charge >= 0.3 is 0 Å². The number of piperazine rings is 1. The number of nitrogens with zero attached hydrogens (tertiary/aromatic N) is 3. The number of nitrogens with one attached hydrogen (secondary N) is 1. The maximum atomic E-state index is 13.0. The van der Waals surface area contributed by atoms with Crippen LogP contribution in [0, 0.1) is 15.9 Å². The number of hydrogen-bond donors (Lipinski definition) is 1. The van der Waals surface area contributed by atoms with Crippen LogP contribution in [0.5, 0.6) is 0 Å². The molecule has 7 nitrogen and oxygen atoms in total. The van der Waals surface area contributed by atoms with Gasteiger partial charge in [-0.25, -0.2) is 4.39 Å². The Morgan fingerprint density at radius 1 is 1.15 bits per heavy atom. The number of amides is 1. The number of carbonyl (C=O) groups is 1. The topological polar surface area (TPSA) is 78.7 Å². The largest absolute Gasteiger partial charge is 0.369 e. The summed E-state index contributed by atoms with van der Waals surface area (Å²) in [5, 5.41) is 13.6. The van der Waals surface area contributed by atoms with Crippen LogP contribution in [0.3, 0.4) is 0 Å². The highest BCUT2D eigenvalue weighted by Gasteiger charge is 2.20. The highest BCUT2D eigenvalue weighted by Crippen LogP contribution is 2.27. The lowest BCUT2D eigenvalue weighted by Gasteiger charge is -2.35. The van der Waals surface area contributed by atoms with Crippen molar-refractivity contribution in [1.29, 1.82) is 0 Å². The lowest BCUT2D eigenvalue weighted by Crippen LogP contribution is -2.48. The molecule has 2 aromatic carbocycles. The molecule has 0 aliphatic carbocycles. The fraction of sp³-hybridized carbons (Fsp3) is 0.278. The Bertz CT molecular complexity index is 839. The number of halogens is 2. The molecule has 1 N–H and O–H groups in total. The molecule has 142 valence electrons. The monoisotopic (exact) mass is 392 g/mol. The van der Waals surface area contributed by atoms with Crippen molar-refractivity contribution in [3.8, 4) is 0 Å². The van der Waals surface area contributed by atoms with Gasteiger partial charge in [-0.3, -0.25) is 19.8 Å². The quantitative estimate of drug-likeness (QED) is 0.624. The number of hydrogen-bond acceptors (Lipinski definition) is 5. The molecule has 1 fully saturated rings. The second-order valence-electron chi connectivity index (χ2n) is 6.21. The molecule has 0 bridgehead atoms. The molecule has 1 heterocycles. The van der Waals surface area contributed by atoms with E-state index in [2.05, 4.69) is 10.2 Å². The van der Waals surface area contributed by atoms with E-state index in [0.29, 0.717) is 18.8 Å². The molecular formula is C18H18ClFN4O3. The smallest absolute Gasteiger partial charge is 0.289 e. The van der Waals surface area contributed by atoms with Gasteiger partial charge in [0.2, 0.25) is 5.91 Å². The third-order valence-electron chi connectivity index (χ3n) is 4.36. The minimum Gasteiger partial charge on any atom is -0.369 e. The van der Waals surface area contributed by atoms with E-state index in [1.165, 1.54) is 30.3 Å². The maximum Gasteiger partial charge on any atom is 0.289 e. The fourth-order valence-corrected chi connectivity index (χ4v) is 3.14. The van der Waals surface area contributed by atoms with Crippen molar-refractivity contribution < 1.29 is 14.1 Å². The van der Waals surface area contributed by atoms with Gasteiger partial charge in [-0.15, -0.1) is 0 Å².